The van der Waals surface area contributed by atoms with E-state index in [1.165, 1.54) is 24.0 Å². The van der Waals surface area contributed by atoms with E-state index in [0.29, 0.717) is 12.6 Å². The summed E-state index contributed by atoms with van der Waals surface area (Å²) >= 11 is 6.37. The molecule has 3 aromatic rings. The summed E-state index contributed by atoms with van der Waals surface area (Å²) in [6, 6.07) is 15.1. The average molecular weight is 368 g/mol. The van der Waals surface area contributed by atoms with Gasteiger partial charge in [0.2, 0.25) is 5.88 Å². The molecule has 0 saturated carbocycles. The minimum atomic E-state index is 0.449. The Labute approximate surface area is 158 Å². The number of hydrogen-bond donors (Lipinski definition) is 0. The van der Waals surface area contributed by atoms with E-state index in [0.717, 1.165) is 47.9 Å². The maximum atomic E-state index is 6.37. The number of para-hydroxylation sites is 1. The van der Waals surface area contributed by atoms with Crippen molar-refractivity contribution in [1.82, 2.24) is 14.7 Å². The Hall–Kier alpha value is -2.04. The van der Waals surface area contributed by atoms with Crippen molar-refractivity contribution in [2.24, 2.45) is 0 Å². The molecule has 0 spiro atoms. The monoisotopic (exact) mass is 367 g/mol. The molecule has 1 aromatic heterocycles. The fourth-order valence-corrected chi connectivity index (χ4v) is 4.57. The molecular formula is C21H22ClN3O. The molecule has 0 N–H and O–H groups in total. The molecule has 1 atom stereocenters. The van der Waals surface area contributed by atoms with Crippen molar-refractivity contribution in [3.8, 4) is 5.88 Å². The lowest BCUT2D eigenvalue weighted by Crippen LogP contribution is -2.27. The molecule has 0 amide bonds. The Morgan fingerprint density at radius 3 is 2.92 bits per heavy atom. The largest absolute Gasteiger partial charge is 0.476 e. The quantitative estimate of drug-likeness (QED) is 0.579. The van der Waals surface area contributed by atoms with Crippen LogP contribution >= 0.6 is 11.6 Å². The molecule has 4 nitrogen and oxygen atoms in total. The fraction of sp³-hybridized carbons (Fsp3) is 0.381. The normalized spacial score (nSPS) is 20.7. The van der Waals surface area contributed by atoms with Gasteiger partial charge in [-0.1, -0.05) is 29.8 Å². The van der Waals surface area contributed by atoms with Crippen molar-refractivity contribution in [2.75, 3.05) is 19.7 Å². The summed E-state index contributed by atoms with van der Waals surface area (Å²) in [7, 11) is 0. The van der Waals surface area contributed by atoms with E-state index in [1.54, 1.807) is 0 Å². The smallest absolute Gasteiger partial charge is 0.240 e. The van der Waals surface area contributed by atoms with Crippen molar-refractivity contribution < 1.29 is 4.74 Å². The van der Waals surface area contributed by atoms with E-state index >= 15 is 0 Å². The van der Waals surface area contributed by atoms with Gasteiger partial charge in [0.1, 0.15) is 0 Å². The van der Waals surface area contributed by atoms with Gasteiger partial charge >= 0.3 is 0 Å². The first-order valence-corrected chi connectivity index (χ1v) is 9.78. The van der Waals surface area contributed by atoms with Gasteiger partial charge in [0.15, 0.2) is 0 Å². The number of hydrogen-bond acceptors (Lipinski definition) is 3. The second-order valence-corrected chi connectivity index (χ2v) is 7.66. The van der Waals surface area contributed by atoms with Crippen molar-refractivity contribution in [2.45, 2.75) is 31.8 Å². The SMILES string of the molecule is Clc1ccc2c(c1)[C@H]1CCCN1CCCOc1nn(c3ccccc13)C2. The molecule has 0 aliphatic carbocycles. The number of benzene rings is 2. The van der Waals surface area contributed by atoms with E-state index in [1.807, 2.05) is 12.1 Å². The van der Waals surface area contributed by atoms with E-state index in [4.69, 9.17) is 21.4 Å². The van der Waals surface area contributed by atoms with Crippen LogP contribution in [0.25, 0.3) is 10.9 Å². The summed E-state index contributed by atoms with van der Waals surface area (Å²) in [4.78, 5) is 2.59. The number of nitrogens with zero attached hydrogens (tertiary/aromatic N) is 3. The standard InChI is InChI=1S/C21H22ClN3O/c22-16-9-8-15-14-25-20-6-2-1-5-17(20)21(23-25)26-12-4-11-24-10-3-7-19(24)18(15)13-16/h1-2,5-6,8-9,13,19H,3-4,7,10-12,14H2/t19-/m1/s1. The van der Waals surface area contributed by atoms with Crippen molar-refractivity contribution in [1.29, 1.82) is 0 Å². The lowest BCUT2D eigenvalue weighted by Gasteiger charge is -2.27. The molecule has 1 fully saturated rings. The van der Waals surface area contributed by atoms with Gasteiger partial charge in [-0.05, 0) is 61.2 Å². The minimum absolute atomic E-state index is 0.449. The molecule has 2 aliphatic heterocycles. The van der Waals surface area contributed by atoms with Crippen LogP contribution in [-0.4, -0.2) is 34.4 Å². The highest BCUT2D eigenvalue weighted by atomic mass is 35.5. The Balaban J connectivity index is 1.66. The second-order valence-electron chi connectivity index (χ2n) is 7.22. The van der Waals surface area contributed by atoms with E-state index in [2.05, 4.69) is 39.9 Å². The molecule has 0 unspecified atom stereocenters. The van der Waals surface area contributed by atoms with Gasteiger partial charge in [-0.3, -0.25) is 9.58 Å². The number of ether oxygens (including phenoxy) is 1. The first-order chi connectivity index (χ1) is 12.8. The molecule has 3 heterocycles. The number of fused-ring (bicyclic) bond motifs is 8. The van der Waals surface area contributed by atoms with Gasteiger partial charge in [0, 0.05) is 17.6 Å². The highest BCUT2D eigenvalue weighted by Gasteiger charge is 2.28. The van der Waals surface area contributed by atoms with Gasteiger partial charge < -0.3 is 4.74 Å². The molecule has 134 valence electrons. The summed E-state index contributed by atoms with van der Waals surface area (Å²) < 4.78 is 8.12. The van der Waals surface area contributed by atoms with E-state index in [9.17, 15) is 0 Å². The van der Waals surface area contributed by atoms with Crippen LogP contribution in [0.15, 0.2) is 42.5 Å². The highest BCUT2D eigenvalue weighted by Crippen LogP contribution is 2.36. The predicted octanol–water partition coefficient (Wildman–Crippen LogP) is 4.66. The van der Waals surface area contributed by atoms with Crippen LogP contribution in [0, 0.1) is 0 Å². The van der Waals surface area contributed by atoms with E-state index < -0.39 is 0 Å². The summed E-state index contributed by atoms with van der Waals surface area (Å²) in [6.45, 7) is 3.64. The lowest BCUT2D eigenvalue weighted by molar-refractivity contribution is 0.217. The van der Waals surface area contributed by atoms with Crippen LogP contribution in [0.1, 0.15) is 36.4 Å². The van der Waals surface area contributed by atoms with Gasteiger partial charge in [-0.25, -0.2) is 0 Å². The second kappa shape index (κ2) is 6.60. The summed E-state index contributed by atoms with van der Waals surface area (Å²) in [5.74, 6) is 0.745. The third kappa shape index (κ3) is 2.78. The van der Waals surface area contributed by atoms with Gasteiger partial charge in [0.25, 0.3) is 0 Å². The molecule has 26 heavy (non-hydrogen) atoms. The first kappa shape index (κ1) is 16.2. The lowest BCUT2D eigenvalue weighted by atomic mass is 9.98. The van der Waals surface area contributed by atoms with Crippen molar-refractivity contribution >= 4 is 22.5 Å². The number of rotatable bonds is 0. The third-order valence-corrected chi connectivity index (χ3v) is 5.84. The highest BCUT2D eigenvalue weighted by molar-refractivity contribution is 6.30. The van der Waals surface area contributed by atoms with Crippen LogP contribution < -0.4 is 4.74 Å². The van der Waals surface area contributed by atoms with Crippen LogP contribution in [0.4, 0.5) is 0 Å². The topological polar surface area (TPSA) is 30.3 Å². The Morgan fingerprint density at radius 2 is 1.96 bits per heavy atom. The number of halogens is 1. The van der Waals surface area contributed by atoms with Gasteiger partial charge in [-0.2, -0.15) is 0 Å². The number of aromatic nitrogens is 2. The predicted molar refractivity (Wildman–Crippen MR) is 104 cm³/mol. The van der Waals surface area contributed by atoms with Crippen LogP contribution in [0.5, 0.6) is 5.88 Å². The molecule has 5 heteroatoms. The molecule has 2 aliphatic rings. The maximum absolute atomic E-state index is 6.37. The molecular weight excluding hydrogens is 346 g/mol. The Bertz CT molecular complexity index is 952. The zero-order valence-corrected chi connectivity index (χ0v) is 15.5. The maximum Gasteiger partial charge on any atom is 0.240 e. The van der Waals surface area contributed by atoms with Crippen molar-refractivity contribution in [3.05, 3.63) is 58.6 Å². The molecule has 1 saturated heterocycles. The van der Waals surface area contributed by atoms with Crippen molar-refractivity contribution in [3.63, 3.8) is 0 Å². The zero-order chi connectivity index (χ0) is 17.5. The Morgan fingerprint density at radius 1 is 1.08 bits per heavy atom. The van der Waals surface area contributed by atoms with E-state index in [-0.39, 0.29) is 0 Å². The van der Waals surface area contributed by atoms with Gasteiger partial charge in [-0.15, -0.1) is 5.10 Å². The minimum Gasteiger partial charge on any atom is -0.476 e. The van der Waals surface area contributed by atoms with Crippen LogP contribution in [-0.2, 0) is 6.54 Å². The van der Waals surface area contributed by atoms with Crippen LogP contribution in [0.3, 0.4) is 0 Å². The zero-order valence-electron chi connectivity index (χ0n) is 14.7. The summed E-state index contributed by atoms with van der Waals surface area (Å²) in [6.07, 6.45) is 3.44. The average Bonchev–Trinajstić information content (AvgIpc) is 3.25. The molecule has 5 rings (SSSR count). The molecule has 2 bridgehead atoms. The first-order valence-electron chi connectivity index (χ1n) is 9.40. The fourth-order valence-electron chi connectivity index (χ4n) is 4.39. The summed E-state index contributed by atoms with van der Waals surface area (Å²) in [5, 5.41) is 6.68. The molecule has 2 aromatic carbocycles. The summed E-state index contributed by atoms with van der Waals surface area (Å²) in [5.41, 5.74) is 3.77. The Kier molecular flexibility index (Phi) is 4.10. The van der Waals surface area contributed by atoms with Gasteiger partial charge in [0.05, 0.1) is 24.1 Å². The third-order valence-electron chi connectivity index (χ3n) is 5.60. The molecule has 0 radical (unpaired) electrons. The van der Waals surface area contributed by atoms with Crippen LogP contribution in [0.2, 0.25) is 5.02 Å².